The monoisotopic (exact) mass is 473 g/mol. The molecule has 0 radical (unpaired) electrons. The van der Waals surface area contributed by atoms with Gasteiger partial charge in [-0.05, 0) is 45.9 Å². The van der Waals surface area contributed by atoms with Gasteiger partial charge >= 0.3 is 5.97 Å². The molecule has 2 aromatic carbocycles. The van der Waals surface area contributed by atoms with Crippen LogP contribution in [0.2, 0.25) is 0 Å². The van der Waals surface area contributed by atoms with Gasteiger partial charge in [0.05, 0.1) is 30.6 Å². The van der Waals surface area contributed by atoms with Crippen molar-refractivity contribution < 1.29 is 23.5 Å². The van der Waals surface area contributed by atoms with E-state index in [0.29, 0.717) is 56.1 Å². The van der Waals surface area contributed by atoms with E-state index in [4.69, 9.17) is 13.9 Å². The molecule has 7 nitrogen and oxygen atoms in total. The van der Waals surface area contributed by atoms with Crippen molar-refractivity contribution in [2.75, 3.05) is 13.7 Å². The van der Waals surface area contributed by atoms with E-state index >= 15 is 0 Å². The number of hydrogen-bond donors (Lipinski definition) is 1. The number of nitrogens with one attached hydrogen (secondary N) is 1. The second kappa shape index (κ2) is 9.62. The van der Waals surface area contributed by atoms with Crippen LogP contribution in [0.15, 0.2) is 80.3 Å². The third-order valence-electron chi connectivity index (χ3n) is 6.05. The van der Waals surface area contributed by atoms with Gasteiger partial charge in [0, 0.05) is 34.2 Å². The number of dihydropyridines is 1. The van der Waals surface area contributed by atoms with E-state index in [-0.39, 0.29) is 17.8 Å². The number of Topliss-reactive ketones (excluding diaryl/α,β-unsaturated/α-hetero) is 1. The van der Waals surface area contributed by atoms with Crippen molar-refractivity contribution in [1.82, 2.24) is 5.32 Å². The molecule has 4 rings (SSSR count). The number of carbonyl (C=O) groups is 2. The van der Waals surface area contributed by atoms with Gasteiger partial charge in [-0.25, -0.2) is 4.79 Å². The Hall–Kier alpha value is -4.13. The number of ketones is 1. The first-order valence-electron chi connectivity index (χ1n) is 11.3. The first-order chi connectivity index (χ1) is 16.8. The largest absolute Gasteiger partial charge is 0.497 e. The van der Waals surface area contributed by atoms with Crippen molar-refractivity contribution >= 4 is 22.7 Å². The average molecular weight is 474 g/mol. The van der Waals surface area contributed by atoms with Crippen LogP contribution in [-0.4, -0.2) is 25.5 Å². The van der Waals surface area contributed by atoms with Crippen LogP contribution in [0.5, 0.6) is 5.75 Å². The van der Waals surface area contributed by atoms with E-state index in [0.717, 1.165) is 0 Å². The normalized spacial score (nSPS) is 15.7. The maximum absolute atomic E-state index is 13.9. The molecule has 180 valence electrons. The molecule has 0 spiro atoms. The predicted molar refractivity (Wildman–Crippen MR) is 132 cm³/mol. The van der Waals surface area contributed by atoms with Crippen LogP contribution in [0.25, 0.3) is 11.0 Å². The second-order valence-corrected chi connectivity index (χ2v) is 8.36. The molecule has 2 heterocycles. The summed E-state index contributed by atoms with van der Waals surface area (Å²) in [5, 5.41) is 3.56. The molecule has 0 bridgehead atoms. The minimum absolute atomic E-state index is 0.175. The van der Waals surface area contributed by atoms with Crippen molar-refractivity contribution in [3.05, 3.63) is 98.2 Å². The van der Waals surface area contributed by atoms with Gasteiger partial charge in [-0.1, -0.05) is 24.3 Å². The minimum atomic E-state index is -0.817. The lowest BCUT2D eigenvalue weighted by Crippen LogP contribution is -2.32. The van der Waals surface area contributed by atoms with E-state index < -0.39 is 11.9 Å². The number of esters is 1. The van der Waals surface area contributed by atoms with Crippen LogP contribution in [0.3, 0.4) is 0 Å². The molecule has 0 fully saturated rings. The van der Waals surface area contributed by atoms with Gasteiger partial charge in [-0.3, -0.25) is 9.59 Å². The number of carbonyl (C=O) groups excluding carboxylic acids is 2. The van der Waals surface area contributed by atoms with Crippen LogP contribution in [0.1, 0.15) is 48.4 Å². The van der Waals surface area contributed by atoms with Crippen LogP contribution >= 0.6 is 0 Å². The summed E-state index contributed by atoms with van der Waals surface area (Å²) in [5.41, 5.74) is 2.91. The fourth-order valence-corrected chi connectivity index (χ4v) is 4.55. The lowest BCUT2D eigenvalue weighted by atomic mass is 9.77. The zero-order valence-electron chi connectivity index (χ0n) is 20.4. The molecular weight excluding hydrogens is 446 g/mol. The van der Waals surface area contributed by atoms with Crippen molar-refractivity contribution in [2.24, 2.45) is 0 Å². The van der Waals surface area contributed by atoms with Gasteiger partial charge in [0.1, 0.15) is 17.1 Å². The molecule has 7 heteroatoms. The van der Waals surface area contributed by atoms with Crippen LogP contribution in [-0.2, 0) is 9.53 Å². The van der Waals surface area contributed by atoms with Crippen molar-refractivity contribution in [3.63, 3.8) is 0 Å². The van der Waals surface area contributed by atoms with E-state index in [2.05, 4.69) is 5.32 Å². The number of hydrogen-bond acceptors (Lipinski definition) is 7. The molecule has 35 heavy (non-hydrogen) atoms. The third kappa shape index (κ3) is 4.37. The SMILES string of the molecule is CCOC(=O)C1=C(C)NC(C)=C(C(=O)c2cccc(OC)c2)C1c1cccc2c(=O)cc(C)oc12. The van der Waals surface area contributed by atoms with Crippen molar-refractivity contribution in [2.45, 2.75) is 33.6 Å². The standard InChI is InChI=1S/C28H27NO6/c1-6-34-28(32)24-17(4)29-16(3)23(26(31)18-9-7-10-19(14-18)33-5)25(24)21-12-8-11-20-22(30)13-15(2)35-27(20)21/h7-14,25,29H,6H2,1-5H3. The Morgan fingerprint density at radius 2 is 1.71 bits per heavy atom. The number of para-hydroxylation sites is 1. The smallest absolute Gasteiger partial charge is 0.336 e. The predicted octanol–water partition coefficient (Wildman–Crippen LogP) is 4.79. The molecule has 1 N–H and O–H groups in total. The van der Waals surface area contributed by atoms with Gasteiger partial charge < -0.3 is 19.2 Å². The lowest BCUT2D eigenvalue weighted by Gasteiger charge is -2.31. The van der Waals surface area contributed by atoms with Crippen molar-refractivity contribution in [3.8, 4) is 5.75 Å². The Labute approximate surface area is 203 Å². The Kier molecular flexibility index (Phi) is 6.60. The van der Waals surface area contributed by atoms with Gasteiger partial charge in [-0.2, -0.15) is 0 Å². The van der Waals surface area contributed by atoms with Gasteiger partial charge in [0.2, 0.25) is 0 Å². The second-order valence-electron chi connectivity index (χ2n) is 8.36. The Bertz CT molecular complexity index is 1460. The number of fused-ring (bicyclic) bond motifs is 1. The first kappa shape index (κ1) is 24.0. The number of ether oxygens (including phenoxy) is 2. The summed E-state index contributed by atoms with van der Waals surface area (Å²) in [6.07, 6.45) is 0. The summed E-state index contributed by atoms with van der Waals surface area (Å²) < 4.78 is 16.7. The zero-order chi connectivity index (χ0) is 25.3. The molecular formula is C28H27NO6. The number of allylic oxidation sites excluding steroid dienone is 3. The lowest BCUT2D eigenvalue weighted by molar-refractivity contribution is -0.138. The fraction of sp³-hybridized carbons (Fsp3) is 0.250. The molecule has 0 saturated heterocycles. The highest BCUT2D eigenvalue weighted by molar-refractivity contribution is 6.13. The topological polar surface area (TPSA) is 94.8 Å². The van der Waals surface area contributed by atoms with E-state index in [1.165, 1.54) is 13.2 Å². The summed E-state index contributed by atoms with van der Waals surface area (Å²) in [6.45, 7) is 7.15. The summed E-state index contributed by atoms with van der Waals surface area (Å²) in [6, 6.07) is 13.4. The summed E-state index contributed by atoms with van der Waals surface area (Å²) in [4.78, 5) is 39.9. The number of methoxy groups -OCH3 is 1. The molecule has 0 saturated carbocycles. The highest BCUT2D eigenvalue weighted by Gasteiger charge is 2.39. The number of aryl methyl sites for hydroxylation is 1. The summed E-state index contributed by atoms with van der Waals surface area (Å²) in [7, 11) is 1.53. The maximum Gasteiger partial charge on any atom is 0.336 e. The first-order valence-corrected chi connectivity index (χ1v) is 11.3. The fourth-order valence-electron chi connectivity index (χ4n) is 4.55. The van der Waals surface area contributed by atoms with E-state index in [1.807, 2.05) is 0 Å². The van der Waals surface area contributed by atoms with E-state index in [9.17, 15) is 14.4 Å². The maximum atomic E-state index is 13.9. The molecule has 0 aliphatic carbocycles. The van der Waals surface area contributed by atoms with Gasteiger partial charge in [0.25, 0.3) is 0 Å². The molecule has 1 aromatic heterocycles. The van der Waals surface area contributed by atoms with Crippen LogP contribution in [0.4, 0.5) is 0 Å². The van der Waals surface area contributed by atoms with Gasteiger partial charge in [0.15, 0.2) is 11.2 Å². The van der Waals surface area contributed by atoms with Crippen LogP contribution in [0, 0.1) is 6.92 Å². The molecule has 1 aliphatic heterocycles. The quantitative estimate of drug-likeness (QED) is 0.406. The Balaban J connectivity index is 2.02. The summed E-state index contributed by atoms with van der Waals surface area (Å²) in [5.74, 6) is -0.664. The van der Waals surface area contributed by atoms with Gasteiger partial charge in [-0.15, -0.1) is 0 Å². The third-order valence-corrected chi connectivity index (χ3v) is 6.05. The molecule has 1 atom stereocenters. The summed E-state index contributed by atoms with van der Waals surface area (Å²) >= 11 is 0. The molecule has 3 aromatic rings. The molecule has 0 amide bonds. The zero-order valence-corrected chi connectivity index (χ0v) is 20.4. The van der Waals surface area contributed by atoms with Crippen LogP contribution < -0.4 is 15.5 Å². The Morgan fingerprint density at radius 3 is 2.43 bits per heavy atom. The number of rotatable bonds is 6. The van der Waals surface area contributed by atoms with E-state index in [1.54, 1.807) is 70.2 Å². The minimum Gasteiger partial charge on any atom is -0.497 e. The molecule has 1 aliphatic rings. The number of benzene rings is 2. The Morgan fingerprint density at radius 1 is 1.00 bits per heavy atom. The average Bonchev–Trinajstić information content (AvgIpc) is 2.83. The molecule has 1 unspecified atom stereocenters. The van der Waals surface area contributed by atoms with Crippen molar-refractivity contribution in [1.29, 1.82) is 0 Å². The highest BCUT2D eigenvalue weighted by Crippen LogP contribution is 2.42. The highest BCUT2D eigenvalue weighted by atomic mass is 16.5.